The molecular formula is C14H21NOS. The lowest BCUT2D eigenvalue weighted by Gasteiger charge is -2.26. The first kappa shape index (κ1) is 12.8. The van der Waals surface area contributed by atoms with Gasteiger partial charge in [0, 0.05) is 16.5 Å². The van der Waals surface area contributed by atoms with Crippen LogP contribution in [0.3, 0.4) is 0 Å². The first-order valence-electron chi connectivity index (χ1n) is 6.22. The Morgan fingerprint density at radius 3 is 2.76 bits per heavy atom. The molecule has 0 spiro atoms. The van der Waals surface area contributed by atoms with Gasteiger partial charge in [-0.05, 0) is 50.3 Å². The highest BCUT2D eigenvalue weighted by Gasteiger charge is 2.19. The van der Waals surface area contributed by atoms with Crippen molar-refractivity contribution >= 4 is 11.8 Å². The van der Waals surface area contributed by atoms with Crippen molar-refractivity contribution in [1.82, 2.24) is 5.32 Å². The maximum absolute atomic E-state index is 5.53. The minimum absolute atomic E-state index is 0.463. The Bertz CT molecular complexity index is 386. The largest absolute Gasteiger partial charge is 0.496 e. The highest BCUT2D eigenvalue weighted by Crippen LogP contribution is 2.35. The fourth-order valence-corrected chi connectivity index (χ4v) is 3.09. The third kappa shape index (κ3) is 2.78. The summed E-state index contributed by atoms with van der Waals surface area (Å²) in [5.41, 5.74) is 2.62. The Hall–Kier alpha value is -0.670. The van der Waals surface area contributed by atoms with E-state index in [2.05, 4.69) is 30.6 Å². The van der Waals surface area contributed by atoms with Crippen LogP contribution in [-0.2, 0) is 0 Å². The number of aryl methyl sites for hydroxylation is 1. The summed E-state index contributed by atoms with van der Waals surface area (Å²) >= 11 is 1.81. The third-order valence-electron chi connectivity index (χ3n) is 3.43. The molecule has 1 atom stereocenters. The number of benzene rings is 1. The second kappa shape index (κ2) is 5.78. The van der Waals surface area contributed by atoms with Crippen LogP contribution in [0.25, 0.3) is 0 Å². The molecule has 1 aliphatic heterocycles. The summed E-state index contributed by atoms with van der Waals surface area (Å²) in [4.78, 5) is 1.35. The van der Waals surface area contributed by atoms with E-state index in [0.717, 1.165) is 12.3 Å². The number of hydrogen-bond acceptors (Lipinski definition) is 3. The third-order valence-corrected chi connectivity index (χ3v) is 4.31. The van der Waals surface area contributed by atoms with Crippen LogP contribution in [0.15, 0.2) is 17.0 Å². The molecule has 1 saturated heterocycles. The molecule has 0 bridgehead atoms. The zero-order valence-corrected chi connectivity index (χ0v) is 11.7. The normalized spacial score (nSPS) is 20.3. The van der Waals surface area contributed by atoms with E-state index < -0.39 is 0 Å². The van der Waals surface area contributed by atoms with Crippen molar-refractivity contribution in [1.29, 1.82) is 0 Å². The predicted molar refractivity (Wildman–Crippen MR) is 74.1 cm³/mol. The molecule has 1 N–H and O–H groups in total. The Kier molecular flexibility index (Phi) is 4.35. The molecule has 0 saturated carbocycles. The van der Waals surface area contributed by atoms with Gasteiger partial charge >= 0.3 is 0 Å². The fourth-order valence-electron chi connectivity index (χ4n) is 2.46. The minimum Gasteiger partial charge on any atom is -0.496 e. The molecule has 0 amide bonds. The standard InChI is InChI=1S/C14H21NOS/c1-10-8-13(16-2)11(9-14(10)17-3)12-6-4-5-7-15-12/h8-9,12,15H,4-7H2,1-3H3. The number of methoxy groups -OCH3 is 1. The zero-order chi connectivity index (χ0) is 12.3. The van der Waals surface area contributed by atoms with Crippen molar-refractivity contribution in [3.05, 3.63) is 23.3 Å². The van der Waals surface area contributed by atoms with E-state index in [1.54, 1.807) is 7.11 Å². The molecule has 0 aliphatic carbocycles. The molecule has 1 fully saturated rings. The average molecular weight is 251 g/mol. The van der Waals surface area contributed by atoms with Gasteiger partial charge < -0.3 is 10.1 Å². The van der Waals surface area contributed by atoms with E-state index in [1.165, 1.54) is 35.3 Å². The van der Waals surface area contributed by atoms with Crippen LogP contribution in [0.4, 0.5) is 0 Å². The molecule has 2 rings (SSSR count). The Balaban J connectivity index is 2.35. The summed E-state index contributed by atoms with van der Waals surface area (Å²) in [5, 5.41) is 3.59. The van der Waals surface area contributed by atoms with Crippen molar-refractivity contribution in [3.63, 3.8) is 0 Å². The number of piperidine rings is 1. The first-order valence-corrected chi connectivity index (χ1v) is 7.44. The molecule has 3 heteroatoms. The SMILES string of the molecule is COc1cc(C)c(SC)cc1C1CCCCN1. The first-order chi connectivity index (χ1) is 8.26. The smallest absolute Gasteiger partial charge is 0.123 e. The molecule has 0 aromatic heterocycles. The quantitative estimate of drug-likeness (QED) is 0.830. The van der Waals surface area contributed by atoms with Gasteiger partial charge in [0.15, 0.2) is 0 Å². The van der Waals surface area contributed by atoms with Crippen molar-refractivity contribution < 1.29 is 4.74 Å². The van der Waals surface area contributed by atoms with Gasteiger partial charge in [-0.3, -0.25) is 0 Å². The van der Waals surface area contributed by atoms with Gasteiger partial charge in [-0.2, -0.15) is 0 Å². The molecule has 1 aromatic carbocycles. The summed E-state index contributed by atoms with van der Waals surface area (Å²) < 4.78 is 5.53. The van der Waals surface area contributed by atoms with Crippen LogP contribution in [0.1, 0.15) is 36.4 Å². The highest BCUT2D eigenvalue weighted by molar-refractivity contribution is 7.98. The van der Waals surface area contributed by atoms with Gasteiger partial charge in [0.05, 0.1) is 7.11 Å². The van der Waals surface area contributed by atoms with E-state index in [4.69, 9.17) is 4.74 Å². The monoisotopic (exact) mass is 251 g/mol. The predicted octanol–water partition coefficient (Wildman–Crippen LogP) is 3.54. The summed E-state index contributed by atoms with van der Waals surface area (Å²) in [7, 11) is 1.76. The molecule has 1 aliphatic rings. The lowest BCUT2D eigenvalue weighted by atomic mass is 9.96. The van der Waals surface area contributed by atoms with Crippen LogP contribution in [0.5, 0.6) is 5.75 Å². The maximum Gasteiger partial charge on any atom is 0.123 e. The van der Waals surface area contributed by atoms with Crippen LogP contribution >= 0.6 is 11.8 Å². The molecule has 1 unspecified atom stereocenters. The van der Waals surface area contributed by atoms with Gasteiger partial charge in [0.2, 0.25) is 0 Å². The molecule has 2 nitrogen and oxygen atoms in total. The maximum atomic E-state index is 5.53. The van der Waals surface area contributed by atoms with Crippen LogP contribution in [0.2, 0.25) is 0 Å². The van der Waals surface area contributed by atoms with Gasteiger partial charge in [-0.25, -0.2) is 0 Å². The fraction of sp³-hybridized carbons (Fsp3) is 0.571. The summed E-state index contributed by atoms with van der Waals surface area (Å²) in [5.74, 6) is 1.03. The number of nitrogens with one attached hydrogen (secondary N) is 1. The summed E-state index contributed by atoms with van der Waals surface area (Å²) in [6, 6.07) is 4.92. The lowest BCUT2D eigenvalue weighted by Crippen LogP contribution is -2.27. The molecule has 94 valence electrons. The van der Waals surface area contributed by atoms with E-state index >= 15 is 0 Å². The van der Waals surface area contributed by atoms with Crippen molar-refractivity contribution in [3.8, 4) is 5.75 Å². The van der Waals surface area contributed by atoms with Crippen molar-refractivity contribution in [2.24, 2.45) is 0 Å². The van der Waals surface area contributed by atoms with Gasteiger partial charge in [-0.1, -0.05) is 6.42 Å². The molecule has 0 radical (unpaired) electrons. The molecular weight excluding hydrogens is 230 g/mol. The highest BCUT2D eigenvalue weighted by atomic mass is 32.2. The van der Waals surface area contributed by atoms with E-state index in [0.29, 0.717) is 6.04 Å². The van der Waals surface area contributed by atoms with Gasteiger partial charge in [0.1, 0.15) is 5.75 Å². The Morgan fingerprint density at radius 1 is 1.35 bits per heavy atom. The number of ether oxygens (including phenoxy) is 1. The van der Waals surface area contributed by atoms with Gasteiger partial charge in [0.25, 0.3) is 0 Å². The van der Waals surface area contributed by atoms with E-state index in [9.17, 15) is 0 Å². The topological polar surface area (TPSA) is 21.3 Å². The minimum atomic E-state index is 0.463. The lowest BCUT2D eigenvalue weighted by molar-refractivity contribution is 0.372. The molecule has 1 aromatic rings. The Labute approximate surface area is 108 Å². The van der Waals surface area contributed by atoms with Crippen LogP contribution in [-0.4, -0.2) is 19.9 Å². The van der Waals surface area contributed by atoms with Crippen LogP contribution < -0.4 is 10.1 Å². The second-order valence-corrected chi connectivity index (χ2v) is 5.41. The average Bonchev–Trinajstić information content (AvgIpc) is 2.39. The Morgan fingerprint density at radius 2 is 2.18 bits per heavy atom. The van der Waals surface area contributed by atoms with Crippen molar-refractivity contribution in [2.45, 2.75) is 37.1 Å². The number of rotatable bonds is 3. The van der Waals surface area contributed by atoms with Crippen molar-refractivity contribution in [2.75, 3.05) is 19.9 Å². The summed E-state index contributed by atoms with van der Waals surface area (Å²) in [6.45, 7) is 3.27. The molecule has 1 heterocycles. The van der Waals surface area contributed by atoms with Gasteiger partial charge in [-0.15, -0.1) is 11.8 Å². The van der Waals surface area contributed by atoms with Crippen LogP contribution in [0, 0.1) is 6.92 Å². The zero-order valence-electron chi connectivity index (χ0n) is 10.9. The number of thioether (sulfide) groups is 1. The van der Waals surface area contributed by atoms with E-state index in [1.807, 2.05) is 11.8 Å². The van der Waals surface area contributed by atoms with E-state index in [-0.39, 0.29) is 0 Å². The summed E-state index contributed by atoms with van der Waals surface area (Å²) in [6.07, 6.45) is 5.95. The second-order valence-electron chi connectivity index (χ2n) is 4.57. The number of hydrogen-bond donors (Lipinski definition) is 1. The molecule has 17 heavy (non-hydrogen) atoms.